The number of carbonyl (C=O) groups is 1. The molecule has 1 heterocycles. The number of nitrogens with one attached hydrogen (secondary N) is 1. The second-order valence-electron chi connectivity index (χ2n) is 7.21. The summed E-state index contributed by atoms with van der Waals surface area (Å²) < 4.78 is 33.0. The van der Waals surface area contributed by atoms with Crippen LogP contribution in [0.25, 0.3) is 11.1 Å². The first-order chi connectivity index (χ1) is 15.4. The highest BCUT2D eigenvalue weighted by atomic mass is 19.1. The predicted molar refractivity (Wildman–Crippen MR) is 127 cm³/mol. The Morgan fingerprint density at radius 3 is 2.19 bits per heavy atom. The van der Waals surface area contributed by atoms with Crippen LogP contribution in [0, 0.1) is 18.6 Å². The largest absolute Gasteiger partial charge is 0.493 e. The Labute approximate surface area is 189 Å². The third-order valence-corrected chi connectivity index (χ3v) is 4.68. The third-order valence-electron chi connectivity index (χ3n) is 4.68. The molecule has 4 rings (SSSR count). The molecular weight excluding hydrogens is 408 g/mol. The monoisotopic (exact) mass is 439 g/mol. The van der Waals surface area contributed by atoms with E-state index < -0.39 is 23.1 Å². The number of rotatable bonds is 3. The maximum Gasteiger partial charge on any atom is 0.261 e. The Bertz CT molecular complexity index is 1030. The Morgan fingerprint density at radius 2 is 1.59 bits per heavy atom. The van der Waals surface area contributed by atoms with Crippen molar-refractivity contribution in [3.8, 4) is 16.9 Å². The Balaban J connectivity index is 0.000000671. The number of amides is 1. The lowest BCUT2D eigenvalue weighted by atomic mass is 9.97. The van der Waals surface area contributed by atoms with Crippen molar-refractivity contribution in [1.82, 2.24) is 0 Å². The van der Waals surface area contributed by atoms with Crippen LogP contribution in [0.15, 0.2) is 54.6 Å². The van der Waals surface area contributed by atoms with Crippen molar-refractivity contribution < 1.29 is 18.3 Å². The second-order valence-corrected chi connectivity index (χ2v) is 7.21. The van der Waals surface area contributed by atoms with Gasteiger partial charge in [-0.2, -0.15) is 0 Å². The molecule has 3 aromatic carbocycles. The molecule has 1 aliphatic rings. The number of ether oxygens (including phenoxy) is 1. The van der Waals surface area contributed by atoms with Crippen LogP contribution in [0.1, 0.15) is 55.6 Å². The van der Waals surface area contributed by atoms with Crippen LogP contribution < -0.4 is 10.1 Å². The first kappa shape index (κ1) is 25.1. The van der Waals surface area contributed by atoms with Crippen LogP contribution in [-0.4, -0.2) is 12.5 Å². The van der Waals surface area contributed by atoms with Crippen molar-refractivity contribution in [3.63, 3.8) is 0 Å². The van der Waals surface area contributed by atoms with Crippen molar-refractivity contribution in [2.45, 2.75) is 47.5 Å². The molecule has 0 aromatic heterocycles. The van der Waals surface area contributed by atoms with Gasteiger partial charge < -0.3 is 10.1 Å². The van der Waals surface area contributed by atoms with Gasteiger partial charge in [-0.3, -0.25) is 4.79 Å². The fourth-order valence-corrected chi connectivity index (χ4v) is 3.28. The van der Waals surface area contributed by atoms with Gasteiger partial charge in [-0.25, -0.2) is 8.78 Å². The normalized spacial score (nSPS) is 11.2. The third kappa shape index (κ3) is 5.94. The minimum absolute atomic E-state index is 0.466. The number of hydrogen-bond donors (Lipinski definition) is 1. The van der Waals surface area contributed by atoms with Crippen LogP contribution in [0.2, 0.25) is 0 Å². The molecule has 0 spiro atoms. The number of carbonyl (C=O) groups excluding carboxylic acids is 1. The zero-order chi connectivity index (χ0) is 23.7. The van der Waals surface area contributed by atoms with Crippen molar-refractivity contribution in [2.24, 2.45) is 0 Å². The van der Waals surface area contributed by atoms with E-state index in [1.54, 1.807) is 12.1 Å². The van der Waals surface area contributed by atoms with Gasteiger partial charge in [0.05, 0.1) is 6.61 Å². The van der Waals surface area contributed by atoms with Crippen LogP contribution in [-0.2, 0) is 6.42 Å². The molecule has 0 unspecified atom stereocenters. The summed E-state index contributed by atoms with van der Waals surface area (Å²) in [6.07, 6.45) is 2.14. The Morgan fingerprint density at radius 1 is 1.00 bits per heavy atom. The number of anilines is 1. The van der Waals surface area contributed by atoms with Gasteiger partial charge in [-0.15, -0.1) is 0 Å². The lowest BCUT2D eigenvalue weighted by molar-refractivity contribution is 0.101. The van der Waals surface area contributed by atoms with Crippen molar-refractivity contribution in [3.05, 3.63) is 82.9 Å². The van der Waals surface area contributed by atoms with E-state index in [1.165, 1.54) is 18.1 Å². The molecule has 5 heteroatoms. The van der Waals surface area contributed by atoms with E-state index in [1.807, 2.05) is 39.0 Å². The van der Waals surface area contributed by atoms with Gasteiger partial charge in [0.15, 0.2) is 0 Å². The molecule has 0 fully saturated rings. The van der Waals surface area contributed by atoms with Crippen molar-refractivity contribution in [1.29, 1.82) is 0 Å². The molecule has 0 radical (unpaired) electrons. The predicted octanol–water partition coefficient (Wildman–Crippen LogP) is 7.57. The van der Waals surface area contributed by atoms with E-state index in [9.17, 15) is 13.6 Å². The molecule has 0 aliphatic carbocycles. The smallest absolute Gasteiger partial charge is 0.261 e. The van der Waals surface area contributed by atoms with Gasteiger partial charge in [-0.05, 0) is 65.6 Å². The highest BCUT2D eigenvalue weighted by Gasteiger charge is 2.18. The summed E-state index contributed by atoms with van der Waals surface area (Å²) in [6.45, 7) is 11.0. The summed E-state index contributed by atoms with van der Waals surface area (Å²) in [5, 5.41) is 2.54. The molecular formula is C27H31F2NO2. The van der Waals surface area contributed by atoms with Gasteiger partial charge in [0.2, 0.25) is 0 Å². The summed E-state index contributed by atoms with van der Waals surface area (Å²) in [5.74, 6) is -1.66. The maximum atomic E-state index is 13.7. The quantitative estimate of drug-likeness (QED) is 0.457. The van der Waals surface area contributed by atoms with Gasteiger partial charge >= 0.3 is 0 Å². The molecule has 1 aliphatic heterocycles. The first-order valence-corrected chi connectivity index (χ1v) is 11.1. The van der Waals surface area contributed by atoms with Crippen molar-refractivity contribution >= 4 is 11.6 Å². The zero-order valence-electron chi connectivity index (χ0n) is 19.4. The van der Waals surface area contributed by atoms with Gasteiger partial charge in [0, 0.05) is 12.1 Å². The lowest BCUT2D eigenvalue weighted by Crippen LogP contribution is -2.15. The first-order valence-electron chi connectivity index (χ1n) is 11.1. The van der Waals surface area contributed by atoms with E-state index in [0.29, 0.717) is 12.3 Å². The summed E-state index contributed by atoms with van der Waals surface area (Å²) in [5.41, 5.74) is 4.25. The summed E-state index contributed by atoms with van der Waals surface area (Å²) in [4.78, 5) is 12.2. The number of hydrogen-bond acceptors (Lipinski definition) is 2. The minimum Gasteiger partial charge on any atom is -0.493 e. The molecule has 170 valence electrons. The molecule has 0 saturated carbocycles. The molecule has 0 bridgehead atoms. The molecule has 0 atom stereocenters. The standard InChI is InChI=1S/C22H17F2NO2.C3H8.C2H6/c1-13-11-20-15(9-10-27-20)12-17(13)14-5-7-16(8-6-14)25-22(26)21-18(23)3-2-4-19(21)24;1-3-2;1-2/h2-8,11-12H,9-10H2,1H3,(H,25,26);3H2,1-2H3;1-2H3. The fraction of sp³-hybridized carbons (Fsp3) is 0.296. The highest BCUT2D eigenvalue weighted by molar-refractivity contribution is 6.04. The van der Waals surface area contributed by atoms with E-state index in [0.717, 1.165) is 41.0 Å². The van der Waals surface area contributed by atoms with Gasteiger partial charge in [-0.1, -0.05) is 52.3 Å². The minimum atomic E-state index is -0.889. The van der Waals surface area contributed by atoms with Gasteiger partial charge in [0.1, 0.15) is 22.9 Å². The van der Waals surface area contributed by atoms with Crippen LogP contribution in [0.4, 0.5) is 14.5 Å². The molecule has 0 saturated heterocycles. The molecule has 3 aromatic rings. The maximum absolute atomic E-state index is 13.7. The van der Waals surface area contributed by atoms with E-state index in [2.05, 4.69) is 25.2 Å². The summed E-state index contributed by atoms with van der Waals surface area (Å²) >= 11 is 0. The summed E-state index contributed by atoms with van der Waals surface area (Å²) in [6, 6.07) is 14.7. The number of aryl methyl sites for hydroxylation is 1. The second kappa shape index (κ2) is 12.0. The molecule has 1 amide bonds. The van der Waals surface area contributed by atoms with Crippen LogP contribution in [0.5, 0.6) is 5.75 Å². The van der Waals surface area contributed by atoms with E-state index in [4.69, 9.17) is 4.74 Å². The highest BCUT2D eigenvalue weighted by Crippen LogP contribution is 2.34. The van der Waals surface area contributed by atoms with E-state index >= 15 is 0 Å². The Kier molecular flexibility index (Phi) is 9.39. The SMILES string of the molecule is CC.CCC.Cc1cc2c(cc1-c1ccc(NC(=O)c3c(F)cccc3F)cc1)CCO2. The average Bonchev–Trinajstić information content (AvgIpc) is 3.23. The zero-order valence-corrected chi connectivity index (χ0v) is 19.4. The Hall–Kier alpha value is -3.21. The van der Waals surface area contributed by atoms with E-state index in [-0.39, 0.29) is 0 Å². The topological polar surface area (TPSA) is 38.3 Å². The average molecular weight is 440 g/mol. The lowest BCUT2D eigenvalue weighted by Gasteiger charge is -2.11. The van der Waals surface area contributed by atoms with Crippen LogP contribution >= 0.6 is 0 Å². The van der Waals surface area contributed by atoms with Crippen LogP contribution in [0.3, 0.4) is 0 Å². The summed E-state index contributed by atoms with van der Waals surface area (Å²) in [7, 11) is 0. The van der Waals surface area contributed by atoms with Crippen molar-refractivity contribution in [2.75, 3.05) is 11.9 Å². The molecule has 3 nitrogen and oxygen atoms in total. The fourth-order valence-electron chi connectivity index (χ4n) is 3.28. The number of fused-ring (bicyclic) bond motifs is 1. The van der Waals surface area contributed by atoms with Gasteiger partial charge in [0.25, 0.3) is 5.91 Å². The molecule has 32 heavy (non-hydrogen) atoms. The number of halogens is 2. The molecule has 1 N–H and O–H groups in total. The number of benzene rings is 3.